The molecule has 2 nitrogen and oxygen atoms in total. The van der Waals surface area contributed by atoms with Crippen molar-refractivity contribution < 1.29 is 4.39 Å². The lowest BCUT2D eigenvalue weighted by molar-refractivity contribution is 0.0768. The molecule has 1 aliphatic heterocycles. The molecule has 0 radical (unpaired) electrons. The topological polar surface area (TPSA) is 29.3 Å². The summed E-state index contributed by atoms with van der Waals surface area (Å²) in [6, 6.07) is 4.96. The fourth-order valence-electron chi connectivity index (χ4n) is 3.73. The predicted molar refractivity (Wildman–Crippen MR) is 87.2 cm³/mol. The number of nitrogens with two attached hydrogens (primary N) is 1. The molecule has 1 unspecified atom stereocenters. The Balaban J connectivity index is 2.17. The summed E-state index contributed by atoms with van der Waals surface area (Å²) in [4.78, 5) is 2.56. The molecule has 1 aromatic rings. The van der Waals surface area contributed by atoms with Crippen molar-refractivity contribution in [2.45, 2.75) is 57.5 Å². The van der Waals surface area contributed by atoms with Crippen molar-refractivity contribution in [2.24, 2.45) is 5.73 Å². The first-order valence-electron chi connectivity index (χ1n) is 7.98. The zero-order chi connectivity index (χ0) is 15.5. The van der Waals surface area contributed by atoms with Crippen LogP contribution >= 0.6 is 11.6 Å². The highest BCUT2D eigenvalue weighted by Crippen LogP contribution is 2.32. The van der Waals surface area contributed by atoms with E-state index in [4.69, 9.17) is 17.3 Å². The average molecular weight is 313 g/mol. The summed E-state index contributed by atoms with van der Waals surface area (Å²) in [7, 11) is 0. The van der Waals surface area contributed by atoms with E-state index in [1.54, 1.807) is 12.1 Å². The molecule has 1 heterocycles. The van der Waals surface area contributed by atoms with Gasteiger partial charge in [-0.15, -0.1) is 0 Å². The maximum absolute atomic E-state index is 13.3. The summed E-state index contributed by atoms with van der Waals surface area (Å²) in [5.41, 5.74) is 7.65. The summed E-state index contributed by atoms with van der Waals surface area (Å²) in [5, 5.41) is 0.180. The lowest BCUT2D eigenvalue weighted by Gasteiger charge is -2.45. The first-order valence-corrected chi connectivity index (χ1v) is 8.36. The number of hydrogen-bond donors (Lipinski definition) is 1. The van der Waals surface area contributed by atoms with Crippen molar-refractivity contribution in [3.63, 3.8) is 0 Å². The molecule has 0 aromatic heterocycles. The van der Waals surface area contributed by atoms with E-state index in [0.717, 1.165) is 37.9 Å². The van der Waals surface area contributed by atoms with E-state index in [9.17, 15) is 4.39 Å². The molecule has 0 spiro atoms. The minimum Gasteiger partial charge on any atom is -0.326 e. The second-order valence-electron chi connectivity index (χ2n) is 6.06. The van der Waals surface area contributed by atoms with Crippen LogP contribution in [0.4, 0.5) is 4.39 Å². The van der Waals surface area contributed by atoms with Crippen molar-refractivity contribution in [1.29, 1.82) is 0 Å². The van der Waals surface area contributed by atoms with Crippen LogP contribution in [-0.2, 0) is 6.42 Å². The van der Waals surface area contributed by atoms with E-state index >= 15 is 0 Å². The van der Waals surface area contributed by atoms with E-state index in [0.29, 0.717) is 0 Å². The molecule has 0 saturated carbocycles. The molecular formula is C17H26ClFN2. The van der Waals surface area contributed by atoms with Gasteiger partial charge in [-0.05, 0) is 62.9 Å². The lowest BCUT2D eigenvalue weighted by atomic mass is 9.80. The predicted octanol–water partition coefficient (Wildman–Crippen LogP) is 4.00. The molecule has 4 heteroatoms. The number of benzene rings is 1. The van der Waals surface area contributed by atoms with Crippen molar-refractivity contribution in [3.05, 3.63) is 34.6 Å². The maximum atomic E-state index is 13.3. The minimum atomic E-state index is -0.370. The number of halogens is 2. The Hall–Kier alpha value is -0.640. The van der Waals surface area contributed by atoms with Crippen LogP contribution in [0, 0.1) is 5.82 Å². The van der Waals surface area contributed by atoms with Crippen LogP contribution in [0.3, 0.4) is 0 Å². The van der Waals surface area contributed by atoms with Crippen molar-refractivity contribution in [1.82, 2.24) is 4.90 Å². The van der Waals surface area contributed by atoms with Crippen LogP contribution < -0.4 is 5.73 Å². The average Bonchev–Trinajstić information content (AvgIpc) is 3.00. The maximum Gasteiger partial charge on any atom is 0.141 e. The monoisotopic (exact) mass is 312 g/mol. The highest BCUT2D eigenvalue weighted by molar-refractivity contribution is 6.30. The first kappa shape index (κ1) is 16.7. The third-order valence-electron chi connectivity index (χ3n) is 5.09. The van der Waals surface area contributed by atoms with E-state index in [-0.39, 0.29) is 22.4 Å². The Morgan fingerprint density at radius 2 is 1.90 bits per heavy atom. The normalized spacial score (nSPS) is 18.1. The van der Waals surface area contributed by atoms with Crippen LogP contribution in [0.1, 0.15) is 45.1 Å². The van der Waals surface area contributed by atoms with Gasteiger partial charge < -0.3 is 5.73 Å². The van der Waals surface area contributed by atoms with Crippen molar-refractivity contribution in [2.75, 3.05) is 13.1 Å². The molecular weight excluding hydrogens is 287 g/mol. The fraction of sp³-hybridized carbons (Fsp3) is 0.647. The number of rotatable bonds is 6. The third kappa shape index (κ3) is 3.41. The molecule has 1 aliphatic rings. The zero-order valence-electron chi connectivity index (χ0n) is 13.0. The Labute approximate surface area is 132 Å². The van der Waals surface area contributed by atoms with Gasteiger partial charge in [-0.25, -0.2) is 4.39 Å². The Bertz CT molecular complexity index is 468. The Kier molecular flexibility index (Phi) is 5.64. The molecule has 1 atom stereocenters. The van der Waals surface area contributed by atoms with Crippen molar-refractivity contribution >= 4 is 11.6 Å². The molecule has 0 bridgehead atoms. The van der Waals surface area contributed by atoms with Gasteiger partial charge in [0.25, 0.3) is 0 Å². The zero-order valence-corrected chi connectivity index (χ0v) is 13.8. The molecule has 21 heavy (non-hydrogen) atoms. The standard InChI is InChI=1S/C17H26ClFN2/c1-3-17(4-2,21-9-5-6-10-21)16(20)12-13-7-8-15(19)14(18)11-13/h7-8,11,16H,3-6,9-10,12,20H2,1-2H3. The molecule has 1 saturated heterocycles. The Morgan fingerprint density at radius 1 is 1.29 bits per heavy atom. The highest BCUT2D eigenvalue weighted by Gasteiger charge is 2.40. The molecule has 0 amide bonds. The summed E-state index contributed by atoms with van der Waals surface area (Å²) < 4.78 is 13.3. The lowest BCUT2D eigenvalue weighted by Crippen LogP contribution is -2.59. The largest absolute Gasteiger partial charge is 0.326 e. The van der Waals surface area contributed by atoms with Gasteiger partial charge in [0, 0.05) is 11.6 Å². The first-order chi connectivity index (χ1) is 10.0. The van der Waals surface area contributed by atoms with Crippen molar-refractivity contribution in [3.8, 4) is 0 Å². The van der Waals surface area contributed by atoms with Gasteiger partial charge in [-0.1, -0.05) is 31.5 Å². The van der Waals surface area contributed by atoms with Gasteiger partial charge in [-0.2, -0.15) is 0 Å². The van der Waals surface area contributed by atoms with Gasteiger partial charge in [0.2, 0.25) is 0 Å². The molecule has 1 fully saturated rings. The molecule has 118 valence electrons. The van der Waals surface area contributed by atoms with Crippen LogP contribution in [0.15, 0.2) is 18.2 Å². The smallest absolute Gasteiger partial charge is 0.141 e. The van der Waals surface area contributed by atoms with Gasteiger partial charge in [0.15, 0.2) is 0 Å². The van der Waals surface area contributed by atoms with E-state index in [2.05, 4.69) is 18.7 Å². The summed E-state index contributed by atoms with van der Waals surface area (Å²) in [6.45, 7) is 6.72. The number of nitrogens with zero attached hydrogens (tertiary/aromatic N) is 1. The molecule has 0 aliphatic carbocycles. The summed E-state index contributed by atoms with van der Waals surface area (Å²) in [6.07, 6.45) is 5.34. The minimum absolute atomic E-state index is 0.0344. The van der Waals surface area contributed by atoms with Gasteiger partial charge in [-0.3, -0.25) is 4.90 Å². The molecule has 2 N–H and O–H groups in total. The highest BCUT2D eigenvalue weighted by atomic mass is 35.5. The van der Waals surface area contributed by atoms with Gasteiger partial charge >= 0.3 is 0 Å². The van der Waals surface area contributed by atoms with Crippen LogP contribution in [0.5, 0.6) is 0 Å². The summed E-state index contributed by atoms with van der Waals surface area (Å²) >= 11 is 5.88. The van der Waals surface area contributed by atoms with Crippen LogP contribution in [0.2, 0.25) is 5.02 Å². The number of likely N-dealkylation sites (tertiary alicyclic amines) is 1. The number of hydrogen-bond acceptors (Lipinski definition) is 2. The quantitative estimate of drug-likeness (QED) is 0.860. The molecule has 2 rings (SSSR count). The van der Waals surface area contributed by atoms with E-state index in [1.165, 1.54) is 18.9 Å². The second-order valence-corrected chi connectivity index (χ2v) is 6.47. The van der Waals surface area contributed by atoms with Gasteiger partial charge in [0.1, 0.15) is 5.82 Å². The van der Waals surface area contributed by atoms with E-state index in [1.807, 2.05) is 0 Å². The second kappa shape index (κ2) is 7.08. The van der Waals surface area contributed by atoms with E-state index < -0.39 is 0 Å². The van der Waals surface area contributed by atoms with Crippen LogP contribution in [-0.4, -0.2) is 29.6 Å². The molecule has 1 aromatic carbocycles. The third-order valence-corrected chi connectivity index (χ3v) is 5.38. The fourth-order valence-corrected chi connectivity index (χ4v) is 3.93. The Morgan fingerprint density at radius 3 is 2.43 bits per heavy atom. The van der Waals surface area contributed by atoms with Gasteiger partial charge in [0.05, 0.1) is 5.02 Å². The SMILES string of the molecule is CCC(CC)(C(N)Cc1ccc(F)c(Cl)c1)N1CCCC1. The summed E-state index contributed by atoms with van der Waals surface area (Å²) in [5.74, 6) is -0.370. The van der Waals surface area contributed by atoms with Crippen LogP contribution in [0.25, 0.3) is 0 Å².